The molecule has 0 aromatic heterocycles. The highest BCUT2D eigenvalue weighted by Crippen LogP contribution is 2.39. The summed E-state index contributed by atoms with van der Waals surface area (Å²) in [6.07, 6.45) is -10.3. The first kappa shape index (κ1) is 19.7. The van der Waals surface area contributed by atoms with Gasteiger partial charge in [0.2, 0.25) is 0 Å². The summed E-state index contributed by atoms with van der Waals surface area (Å²) in [5, 5.41) is 17.4. The first-order valence-electron chi connectivity index (χ1n) is 7.34. The highest BCUT2D eigenvalue weighted by atomic mass is 19.4. The molecule has 0 saturated carbocycles. The van der Waals surface area contributed by atoms with Gasteiger partial charge >= 0.3 is 12.4 Å². The Balaban J connectivity index is 2.27. The number of benzene rings is 1. The zero-order chi connectivity index (χ0) is 19.8. The summed E-state index contributed by atoms with van der Waals surface area (Å²) in [4.78, 5) is 12.4. The highest BCUT2D eigenvalue weighted by molar-refractivity contribution is 5.98. The quantitative estimate of drug-likeness (QED) is 0.789. The Hall–Kier alpha value is -2.64. The SMILES string of the molecule is CC[C@]1(C(=O)Nc2ccc(C#N)c(C(F)(F)F)c2)CC(C(F)(F)F)N=N1. The van der Waals surface area contributed by atoms with Crippen LogP contribution in [0.3, 0.4) is 0 Å². The van der Waals surface area contributed by atoms with Gasteiger partial charge in [-0.15, -0.1) is 0 Å². The summed E-state index contributed by atoms with van der Waals surface area (Å²) in [6, 6.07) is 1.72. The third-order valence-electron chi connectivity index (χ3n) is 4.01. The van der Waals surface area contributed by atoms with E-state index in [4.69, 9.17) is 5.26 Å². The Morgan fingerprint density at radius 3 is 2.46 bits per heavy atom. The molecule has 1 aliphatic heterocycles. The molecular weight excluding hydrogens is 366 g/mol. The lowest BCUT2D eigenvalue weighted by molar-refractivity contribution is -0.148. The lowest BCUT2D eigenvalue weighted by Gasteiger charge is -2.23. The smallest absolute Gasteiger partial charge is 0.324 e. The van der Waals surface area contributed by atoms with Crippen LogP contribution in [0.4, 0.5) is 32.0 Å². The second-order valence-electron chi connectivity index (χ2n) is 5.69. The first-order valence-corrected chi connectivity index (χ1v) is 7.34. The second-order valence-corrected chi connectivity index (χ2v) is 5.69. The number of alkyl halides is 6. The van der Waals surface area contributed by atoms with Gasteiger partial charge in [-0.05, 0) is 24.6 Å². The average Bonchev–Trinajstić information content (AvgIpc) is 3.00. The molecule has 2 rings (SSSR count). The summed E-state index contributed by atoms with van der Waals surface area (Å²) in [5.74, 6) is -0.992. The molecule has 1 amide bonds. The Kier molecular flexibility index (Phi) is 4.98. The molecule has 1 unspecified atom stereocenters. The number of rotatable bonds is 3. The van der Waals surface area contributed by atoms with Gasteiger partial charge in [0, 0.05) is 12.1 Å². The standard InChI is InChI=1S/C15H12F6N4O/c1-2-13(6-11(24-25-13)15(19,20)21)12(26)23-9-4-3-8(7-22)10(5-9)14(16,17)18/h3-5,11H,2,6H2,1H3,(H,23,26)/t11?,13-/m1/s1. The third-order valence-corrected chi connectivity index (χ3v) is 4.01. The number of carbonyl (C=O) groups is 1. The van der Waals surface area contributed by atoms with Crippen molar-refractivity contribution >= 4 is 11.6 Å². The fraction of sp³-hybridized carbons (Fsp3) is 0.467. The van der Waals surface area contributed by atoms with Crippen molar-refractivity contribution in [1.82, 2.24) is 0 Å². The molecule has 5 nitrogen and oxygen atoms in total. The molecule has 11 heteroatoms. The van der Waals surface area contributed by atoms with E-state index in [0.29, 0.717) is 6.07 Å². The van der Waals surface area contributed by atoms with E-state index < -0.39 is 47.4 Å². The molecule has 0 fully saturated rings. The molecular formula is C15H12F6N4O. The minimum absolute atomic E-state index is 0.114. The van der Waals surface area contributed by atoms with Gasteiger partial charge in [0.25, 0.3) is 5.91 Å². The van der Waals surface area contributed by atoms with Crippen molar-refractivity contribution in [3.8, 4) is 6.07 Å². The molecule has 0 spiro atoms. The van der Waals surface area contributed by atoms with Crippen LogP contribution in [0.5, 0.6) is 0 Å². The monoisotopic (exact) mass is 378 g/mol. The summed E-state index contributed by atoms with van der Waals surface area (Å²) in [6.45, 7) is 1.43. The molecule has 0 saturated heterocycles. The number of halogens is 6. The molecule has 1 aliphatic rings. The van der Waals surface area contributed by atoms with Crippen LogP contribution in [-0.4, -0.2) is 23.7 Å². The van der Waals surface area contributed by atoms with Gasteiger partial charge in [0.1, 0.15) is 0 Å². The van der Waals surface area contributed by atoms with Gasteiger partial charge in [-0.2, -0.15) is 41.8 Å². The Labute approximate surface area is 143 Å². The molecule has 2 atom stereocenters. The molecule has 0 radical (unpaired) electrons. The minimum atomic E-state index is -4.83. The number of nitrogens with one attached hydrogen (secondary N) is 1. The molecule has 1 heterocycles. The van der Waals surface area contributed by atoms with Crippen molar-refractivity contribution in [2.24, 2.45) is 10.2 Å². The van der Waals surface area contributed by atoms with Gasteiger partial charge in [-0.3, -0.25) is 4.79 Å². The van der Waals surface area contributed by atoms with Crippen LogP contribution in [0.15, 0.2) is 28.4 Å². The maximum Gasteiger partial charge on any atom is 0.417 e. The van der Waals surface area contributed by atoms with E-state index >= 15 is 0 Å². The molecule has 0 bridgehead atoms. The third kappa shape index (κ3) is 3.79. The topological polar surface area (TPSA) is 77.6 Å². The number of carbonyl (C=O) groups excluding carboxylic acids is 1. The summed E-state index contributed by atoms with van der Waals surface area (Å²) in [5.41, 5.74) is -4.02. The zero-order valence-electron chi connectivity index (χ0n) is 13.2. The van der Waals surface area contributed by atoms with E-state index in [1.54, 1.807) is 0 Å². The molecule has 1 aromatic carbocycles. The van der Waals surface area contributed by atoms with E-state index in [9.17, 15) is 31.1 Å². The Morgan fingerprint density at radius 2 is 2.00 bits per heavy atom. The van der Waals surface area contributed by atoms with Crippen molar-refractivity contribution in [2.45, 2.75) is 43.7 Å². The van der Waals surface area contributed by atoms with Crippen LogP contribution >= 0.6 is 0 Å². The van der Waals surface area contributed by atoms with E-state index in [1.807, 2.05) is 0 Å². The maximum absolute atomic E-state index is 13.0. The zero-order valence-corrected chi connectivity index (χ0v) is 13.2. The summed E-state index contributed by atoms with van der Waals surface area (Å²) < 4.78 is 77.1. The van der Waals surface area contributed by atoms with Crippen molar-refractivity contribution in [1.29, 1.82) is 5.26 Å². The predicted octanol–water partition coefficient (Wildman–Crippen LogP) is 4.45. The second kappa shape index (κ2) is 6.59. The number of azo groups is 1. The lowest BCUT2D eigenvalue weighted by Crippen LogP contribution is -2.42. The van der Waals surface area contributed by atoms with E-state index in [2.05, 4.69) is 15.5 Å². The van der Waals surface area contributed by atoms with Gasteiger partial charge in [0.05, 0.1) is 17.2 Å². The number of amides is 1. The molecule has 140 valence electrons. The van der Waals surface area contributed by atoms with Crippen LogP contribution in [0.25, 0.3) is 0 Å². The largest absolute Gasteiger partial charge is 0.417 e. The molecule has 26 heavy (non-hydrogen) atoms. The van der Waals surface area contributed by atoms with Crippen molar-refractivity contribution in [3.63, 3.8) is 0 Å². The van der Waals surface area contributed by atoms with E-state index in [0.717, 1.165) is 12.1 Å². The van der Waals surface area contributed by atoms with E-state index in [-0.39, 0.29) is 12.1 Å². The number of nitrogens with zero attached hydrogens (tertiary/aromatic N) is 3. The van der Waals surface area contributed by atoms with Crippen LogP contribution in [-0.2, 0) is 11.0 Å². The minimum Gasteiger partial charge on any atom is -0.324 e. The average molecular weight is 378 g/mol. The molecule has 0 aliphatic carbocycles. The number of hydrogen-bond donors (Lipinski definition) is 1. The highest BCUT2D eigenvalue weighted by Gasteiger charge is 2.52. The van der Waals surface area contributed by atoms with Gasteiger partial charge in [-0.1, -0.05) is 6.92 Å². The van der Waals surface area contributed by atoms with Crippen LogP contribution in [0.2, 0.25) is 0 Å². The van der Waals surface area contributed by atoms with Crippen molar-refractivity contribution in [3.05, 3.63) is 29.3 Å². The van der Waals surface area contributed by atoms with E-state index in [1.165, 1.54) is 13.0 Å². The number of nitriles is 1. The Bertz CT molecular complexity index is 780. The number of hydrogen-bond acceptors (Lipinski definition) is 4. The lowest BCUT2D eigenvalue weighted by atomic mass is 9.89. The first-order chi connectivity index (χ1) is 11.9. The van der Waals surface area contributed by atoms with Crippen molar-refractivity contribution in [2.75, 3.05) is 5.32 Å². The fourth-order valence-electron chi connectivity index (χ4n) is 2.48. The van der Waals surface area contributed by atoms with Gasteiger partial charge < -0.3 is 5.32 Å². The van der Waals surface area contributed by atoms with Gasteiger partial charge in [-0.25, -0.2) is 0 Å². The maximum atomic E-state index is 13.0. The van der Waals surface area contributed by atoms with Crippen molar-refractivity contribution < 1.29 is 31.1 Å². The van der Waals surface area contributed by atoms with Crippen LogP contribution in [0, 0.1) is 11.3 Å². The van der Waals surface area contributed by atoms with Gasteiger partial charge in [0.15, 0.2) is 11.6 Å². The molecule has 1 aromatic rings. The predicted molar refractivity (Wildman–Crippen MR) is 77.1 cm³/mol. The Morgan fingerprint density at radius 1 is 1.35 bits per heavy atom. The normalized spacial score (nSPS) is 22.9. The summed E-state index contributed by atoms with van der Waals surface area (Å²) >= 11 is 0. The molecule has 1 N–H and O–H groups in total. The van der Waals surface area contributed by atoms with Crippen LogP contribution < -0.4 is 5.32 Å². The fourth-order valence-corrected chi connectivity index (χ4v) is 2.48. The van der Waals surface area contributed by atoms with Crippen LogP contribution in [0.1, 0.15) is 30.9 Å². The number of anilines is 1. The summed E-state index contributed by atoms with van der Waals surface area (Å²) in [7, 11) is 0.